The molecule has 1 saturated heterocycles. The summed E-state index contributed by atoms with van der Waals surface area (Å²) in [5.74, 6) is 0. The Morgan fingerprint density at radius 1 is 1.37 bits per heavy atom. The monoisotopic (exact) mass is 459 g/mol. The van der Waals surface area contributed by atoms with E-state index in [1.807, 2.05) is 0 Å². The predicted molar refractivity (Wildman–Crippen MR) is 113 cm³/mol. The molecule has 0 amide bonds. The third kappa shape index (κ3) is 3.94. The minimum atomic E-state index is -3.99. The zero-order chi connectivity index (χ0) is 22.7. The topological polar surface area (TPSA) is 143 Å². The molecule has 2 aliphatic heterocycles. The highest BCUT2D eigenvalue weighted by Gasteiger charge is 2.58. The summed E-state index contributed by atoms with van der Waals surface area (Å²) in [6.45, 7) is 12.0. The molecule has 10 nitrogen and oxygen atoms in total. The minimum Gasteiger partial charge on any atom is -0.414 e. The lowest BCUT2D eigenvalue weighted by molar-refractivity contribution is -0.0553. The Hall–Kier alpha value is -1.73. The van der Waals surface area contributed by atoms with Crippen molar-refractivity contribution in [2.45, 2.75) is 70.2 Å². The van der Waals surface area contributed by atoms with Gasteiger partial charge >= 0.3 is 5.69 Å². The molecule has 1 aromatic rings. The van der Waals surface area contributed by atoms with E-state index in [0.29, 0.717) is 5.56 Å². The molecule has 3 unspecified atom stereocenters. The lowest BCUT2D eigenvalue weighted by Gasteiger charge is -2.38. The van der Waals surface area contributed by atoms with E-state index < -0.39 is 47.6 Å². The highest BCUT2D eigenvalue weighted by atomic mass is 32.2. The van der Waals surface area contributed by atoms with E-state index in [2.05, 4.69) is 38.8 Å². The molecular weight excluding hydrogens is 430 g/mol. The van der Waals surface area contributed by atoms with Crippen LogP contribution in [0.3, 0.4) is 0 Å². The molecule has 0 bridgehead atoms. The van der Waals surface area contributed by atoms with Gasteiger partial charge in [-0.25, -0.2) is 4.79 Å². The fraction of sp³-hybridized carbons (Fsp3) is 0.667. The molecule has 168 valence electrons. The predicted octanol–water partition coefficient (Wildman–Crippen LogP) is 1.05. The van der Waals surface area contributed by atoms with Crippen molar-refractivity contribution in [3.8, 4) is 0 Å². The fourth-order valence-electron chi connectivity index (χ4n) is 3.30. The van der Waals surface area contributed by atoms with Crippen LogP contribution in [0.2, 0.25) is 18.1 Å². The smallest absolute Gasteiger partial charge is 0.330 e. The van der Waals surface area contributed by atoms with E-state index >= 15 is 0 Å². The van der Waals surface area contributed by atoms with Gasteiger partial charge in [0.15, 0.2) is 13.9 Å². The Bertz CT molecular complexity index is 1100. The van der Waals surface area contributed by atoms with E-state index in [1.54, 1.807) is 6.92 Å². The number of hydrogen-bond donors (Lipinski definition) is 2. The molecule has 0 saturated carbocycles. The Labute approximate surface area is 176 Å². The van der Waals surface area contributed by atoms with Gasteiger partial charge in [0.1, 0.15) is 12.3 Å². The molecule has 0 aromatic carbocycles. The molecule has 3 rings (SSSR count). The number of aryl methyl sites for hydroxylation is 1. The maximum absolute atomic E-state index is 12.3. The van der Waals surface area contributed by atoms with Crippen LogP contribution in [0.4, 0.5) is 0 Å². The molecule has 30 heavy (non-hydrogen) atoms. The van der Waals surface area contributed by atoms with E-state index in [1.165, 1.54) is 10.8 Å². The maximum atomic E-state index is 12.3. The Kier molecular flexibility index (Phi) is 5.47. The number of rotatable bonds is 4. The number of nitrogens with one attached hydrogen (secondary N) is 1. The second-order valence-corrected chi connectivity index (χ2v) is 15.6. The second-order valence-electron chi connectivity index (χ2n) is 9.37. The van der Waals surface area contributed by atoms with Gasteiger partial charge in [-0.05, 0) is 25.1 Å². The zero-order valence-corrected chi connectivity index (χ0v) is 19.8. The first kappa shape index (κ1) is 22.9. The molecule has 0 aliphatic carbocycles. The van der Waals surface area contributed by atoms with Gasteiger partial charge in [-0.2, -0.15) is 8.42 Å². The molecule has 12 heteroatoms. The molecule has 2 aliphatic rings. The molecule has 3 atom stereocenters. The number of nitrogens with zero attached hydrogens (tertiary/aromatic N) is 1. The molecule has 1 aromatic heterocycles. The van der Waals surface area contributed by atoms with Gasteiger partial charge in [0.25, 0.3) is 15.7 Å². The molecule has 3 N–H and O–H groups in total. The molecule has 1 fully saturated rings. The Morgan fingerprint density at radius 3 is 2.53 bits per heavy atom. The molecule has 1 spiro atoms. The highest BCUT2D eigenvalue weighted by molar-refractivity contribution is 7.90. The van der Waals surface area contributed by atoms with Crippen molar-refractivity contribution in [2.24, 2.45) is 5.73 Å². The minimum absolute atomic E-state index is 0.00280. The van der Waals surface area contributed by atoms with Crippen molar-refractivity contribution in [3.63, 3.8) is 0 Å². The summed E-state index contributed by atoms with van der Waals surface area (Å²) in [7, 11) is -6.18. The van der Waals surface area contributed by atoms with Gasteiger partial charge in [0.05, 0.1) is 17.7 Å². The van der Waals surface area contributed by atoms with Crippen molar-refractivity contribution in [3.05, 3.63) is 43.7 Å². The van der Waals surface area contributed by atoms with Crippen LogP contribution in [0.25, 0.3) is 0 Å². The Morgan fingerprint density at radius 2 is 2.00 bits per heavy atom. The summed E-state index contributed by atoms with van der Waals surface area (Å²) in [6.07, 6.45) is -0.392. The zero-order valence-electron chi connectivity index (χ0n) is 18.0. The van der Waals surface area contributed by atoms with Gasteiger partial charge < -0.3 is 14.9 Å². The van der Waals surface area contributed by atoms with Gasteiger partial charge in [0, 0.05) is 18.2 Å². The van der Waals surface area contributed by atoms with Crippen LogP contribution in [0.1, 0.15) is 39.0 Å². The number of ether oxygens (including phenoxy) is 1. The molecule has 3 heterocycles. The summed E-state index contributed by atoms with van der Waals surface area (Å²) in [6, 6.07) is 0. The maximum Gasteiger partial charge on any atom is 0.330 e. The van der Waals surface area contributed by atoms with Crippen molar-refractivity contribution in [1.82, 2.24) is 9.55 Å². The fourth-order valence-corrected chi connectivity index (χ4v) is 5.55. The number of nitrogens with two attached hydrogens (primary N) is 1. The van der Waals surface area contributed by atoms with Crippen LogP contribution < -0.4 is 17.0 Å². The third-order valence-electron chi connectivity index (χ3n) is 6.20. The van der Waals surface area contributed by atoms with Crippen molar-refractivity contribution in [1.29, 1.82) is 0 Å². The standard InChI is InChI=1S/C18H29N3O7SSi/c1-11-8-21(16(23)20-15(11)22)14-7-18(12(19)10-29(24,25)28-18)13(27-14)9-26-30(5,6)17(2,3)4/h8,10,13-14H,7,9,19H2,1-6H3,(H,20,22,23). The number of hydrogen-bond acceptors (Lipinski definition) is 8. The summed E-state index contributed by atoms with van der Waals surface area (Å²) >= 11 is 0. The van der Waals surface area contributed by atoms with Crippen LogP contribution in [0, 0.1) is 6.92 Å². The van der Waals surface area contributed by atoms with Crippen molar-refractivity contribution < 1.29 is 21.8 Å². The SMILES string of the molecule is Cc1cn(C2CC3(OS(=O)(=O)C=C3N)C(CO[Si](C)(C)C(C)(C)C)O2)c(=O)[nH]c1=O. The summed E-state index contributed by atoms with van der Waals surface area (Å²) in [4.78, 5) is 26.3. The lowest BCUT2D eigenvalue weighted by atomic mass is 9.92. The number of aromatic amines is 1. The first-order valence-corrected chi connectivity index (χ1v) is 14.0. The normalized spacial score (nSPS) is 28.8. The second kappa shape index (κ2) is 7.16. The van der Waals surface area contributed by atoms with Crippen LogP contribution in [0.15, 0.2) is 26.9 Å². The van der Waals surface area contributed by atoms with Gasteiger partial charge in [-0.15, -0.1) is 0 Å². The average Bonchev–Trinajstić information content (AvgIpc) is 3.04. The molecular formula is C18H29N3O7SSi. The average molecular weight is 460 g/mol. The van der Waals surface area contributed by atoms with Crippen LogP contribution in [-0.4, -0.2) is 44.6 Å². The van der Waals surface area contributed by atoms with E-state index in [0.717, 1.165) is 5.41 Å². The Balaban J connectivity index is 1.98. The lowest BCUT2D eigenvalue weighted by Crippen LogP contribution is -2.49. The van der Waals surface area contributed by atoms with E-state index in [4.69, 9.17) is 19.1 Å². The van der Waals surface area contributed by atoms with E-state index in [9.17, 15) is 18.0 Å². The van der Waals surface area contributed by atoms with E-state index in [-0.39, 0.29) is 23.8 Å². The van der Waals surface area contributed by atoms with Crippen LogP contribution in [-0.2, 0) is 23.5 Å². The summed E-state index contributed by atoms with van der Waals surface area (Å²) in [5.41, 5.74) is 3.76. The summed E-state index contributed by atoms with van der Waals surface area (Å²) in [5, 5.41) is 0.800. The van der Waals surface area contributed by atoms with Gasteiger partial charge in [0.2, 0.25) is 0 Å². The van der Waals surface area contributed by atoms with Gasteiger partial charge in [-0.3, -0.25) is 18.5 Å². The number of aromatic nitrogens is 2. The van der Waals surface area contributed by atoms with Crippen molar-refractivity contribution in [2.75, 3.05) is 6.61 Å². The quantitative estimate of drug-likeness (QED) is 0.502. The first-order valence-electron chi connectivity index (χ1n) is 9.63. The largest absolute Gasteiger partial charge is 0.414 e. The first-order chi connectivity index (χ1) is 13.6. The number of H-pyrrole nitrogens is 1. The highest BCUT2D eigenvalue weighted by Crippen LogP contribution is 2.47. The van der Waals surface area contributed by atoms with Crippen LogP contribution in [0.5, 0.6) is 0 Å². The van der Waals surface area contributed by atoms with Gasteiger partial charge in [-0.1, -0.05) is 20.8 Å². The van der Waals surface area contributed by atoms with Crippen LogP contribution >= 0.6 is 0 Å². The summed E-state index contributed by atoms with van der Waals surface area (Å²) < 4.78 is 43.2. The third-order valence-corrected chi connectivity index (χ3v) is 11.8. The van der Waals surface area contributed by atoms with Crippen molar-refractivity contribution >= 4 is 18.4 Å². The molecule has 0 radical (unpaired) electrons.